The van der Waals surface area contributed by atoms with Crippen LogP contribution in [0.2, 0.25) is 0 Å². The maximum absolute atomic E-state index is 4.28. The first-order valence-electron chi connectivity index (χ1n) is 6.04. The van der Waals surface area contributed by atoms with Crippen molar-refractivity contribution < 1.29 is 0 Å². The molecule has 2 aromatic rings. The molecule has 18 heavy (non-hydrogen) atoms. The molecule has 0 saturated heterocycles. The fourth-order valence-electron chi connectivity index (χ4n) is 1.88. The number of rotatable bonds is 5. The molecule has 0 fully saturated rings. The van der Waals surface area contributed by atoms with Gasteiger partial charge in [0, 0.05) is 17.5 Å². The Morgan fingerprint density at radius 3 is 2.78 bits per heavy atom. The second-order valence-corrected chi connectivity index (χ2v) is 5.02. The molecule has 96 valence electrons. The molecule has 2 heterocycles. The van der Waals surface area contributed by atoms with Crippen LogP contribution in [-0.2, 0) is 13.0 Å². The van der Waals surface area contributed by atoms with Crippen molar-refractivity contribution in [3.05, 3.63) is 33.8 Å². The van der Waals surface area contributed by atoms with Crippen LogP contribution in [0.1, 0.15) is 22.9 Å². The molecule has 2 aromatic heterocycles. The van der Waals surface area contributed by atoms with Gasteiger partial charge in [0.2, 0.25) is 0 Å². The van der Waals surface area contributed by atoms with Crippen LogP contribution >= 0.6 is 11.3 Å². The van der Waals surface area contributed by atoms with Gasteiger partial charge in [0.15, 0.2) is 0 Å². The van der Waals surface area contributed by atoms with Gasteiger partial charge in [0.1, 0.15) is 18.0 Å². The normalized spacial score (nSPS) is 10.4. The molecular weight excluding hydrogens is 244 g/mol. The van der Waals surface area contributed by atoms with Crippen molar-refractivity contribution in [1.82, 2.24) is 9.97 Å². The van der Waals surface area contributed by atoms with Gasteiger partial charge in [-0.3, -0.25) is 0 Å². The second-order valence-electron chi connectivity index (χ2n) is 4.02. The number of hydrogen-bond acceptors (Lipinski definition) is 5. The van der Waals surface area contributed by atoms with Crippen molar-refractivity contribution in [1.29, 1.82) is 0 Å². The van der Waals surface area contributed by atoms with E-state index in [-0.39, 0.29) is 0 Å². The molecule has 2 N–H and O–H groups in total. The zero-order valence-corrected chi connectivity index (χ0v) is 11.8. The minimum absolute atomic E-state index is 0.821. The van der Waals surface area contributed by atoms with Gasteiger partial charge in [-0.05, 0) is 30.4 Å². The van der Waals surface area contributed by atoms with Gasteiger partial charge in [-0.1, -0.05) is 6.92 Å². The fraction of sp³-hybridized carbons (Fsp3) is 0.385. The predicted octanol–water partition coefficient (Wildman–Crippen LogP) is 3.06. The summed E-state index contributed by atoms with van der Waals surface area (Å²) in [5.41, 5.74) is 2.46. The molecule has 2 rings (SSSR count). The van der Waals surface area contributed by atoms with Gasteiger partial charge in [-0.15, -0.1) is 11.3 Å². The van der Waals surface area contributed by atoms with Gasteiger partial charge in [0.25, 0.3) is 0 Å². The Morgan fingerprint density at radius 2 is 2.06 bits per heavy atom. The van der Waals surface area contributed by atoms with Crippen LogP contribution in [0.15, 0.2) is 17.8 Å². The molecule has 0 aromatic carbocycles. The molecule has 0 atom stereocenters. The Kier molecular flexibility index (Phi) is 4.15. The highest BCUT2D eigenvalue weighted by atomic mass is 32.1. The summed E-state index contributed by atoms with van der Waals surface area (Å²) in [6.45, 7) is 5.02. The summed E-state index contributed by atoms with van der Waals surface area (Å²) in [4.78, 5) is 9.84. The van der Waals surface area contributed by atoms with E-state index < -0.39 is 0 Å². The number of anilines is 2. The predicted molar refractivity (Wildman–Crippen MR) is 77.3 cm³/mol. The summed E-state index contributed by atoms with van der Waals surface area (Å²) >= 11 is 1.79. The first kappa shape index (κ1) is 12.8. The molecule has 0 saturated carbocycles. The molecule has 0 aliphatic carbocycles. The first-order chi connectivity index (χ1) is 8.76. The number of thiophene rings is 1. The highest BCUT2D eigenvalue weighted by Gasteiger charge is 2.07. The van der Waals surface area contributed by atoms with Gasteiger partial charge >= 0.3 is 0 Å². The van der Waals surface area contributed by atoms with E-state index in [1.54, 1.807) is 17.7 Å². The topological polar surface area (TPSA) is 49.8 Å². The third kappa shape index (κ3) is 2.61. The molecule has 0 bridgehead atoms. The van der Waals surface area contributed by atoms with E-state index in [9.17, 15) is 0 Å². The van der Waals surface area contributed by atoms with E-state index in [1.807, 2.05) is 14.0 Å². The van der Waals surface area contributed by atoms with Gasteiger partial charge in [-0.2, -0.15) is 0 Å². The second kappa shape index (κ2) is 5.82. The van der Waals surface area contributed by atoms with Gasteiger partial charge in [-0.25, -0.2) is 9.97 Å². The SMILES string of the molecule is CCc1ccsc1CNc1ncnc(NC)c1C. The molecule has 4 nitrogen and oxygen atoms in total. The number of hydrogen-bond donors (Lipinski definition) is 2. The average molecular weight is 262 g/mol. The fourth-order valence-corrected chi connectivity index (χ4v) is 2.80. The maximum atomic E-state index is 4.28. The minimum atomic E-state index is 0.821. The van der Waals surface area contributed by atoms with E-state index in [1.165, 1.54) is 10.4 Å². The Bertz CT molecular complexity index is 521. The van der Waals surface area contributed by atoms with Crippen molar-refractivity contribution >= 4 is 23.0 Å². The lowest BCUT2D eigenvalue weighted by Gasteiger charge is -2.11. The Labute approximate surface area is 111 Å². The van der Waals surface area contributed by atoms with Crippen LogP contribution in [0.25, 0.3) is 0 Å². The molecule has 0 spiro atoms. The van der Waals surface area contributed by atoms with Crippen LogP contribution in [-0.4, -0.2) is 17.0 Å². The lowest BCUT2D eigenvalue weighted by atomic mass is 10.2. The van der Waals surface area contributed by atoms with E-state index in [0.717, 1.165) is 30.2 Å². The van der Waals surface area contributed by atoms with Crippen LogP contribution < -0.4 is 10.6 Å². The summed E-state index contributed by atoms with van der Waals surface area (Å²) in [5, 5.41) is 8.59. The number of aromatic nitrogens is 2. The number of aryl methyl sites for hydroxylation is 1. The van der Waals surface area contributed by atoms with Crippen molar-refractivity contribution in [3.8, 4) is 0 Å². The number of nitrogens with one attached hydrogen (secondary N) is 2. The monoisotopic (exact) mass is 262 g/mol. The van der Waals surface area contributed by atoms with Gasteiger partial charge < -0.3 is 10.6 Å². The first-order valence-corrected chi connectivity index (χ1v) is 6.92. The number of nitrogens with zero attached hydrogens (tertiary/aromatic N) is 2. The van der Waals surface area contributed by atoms with Crippen LogP contribution in [0.5, 0.6) is 0 Å². The largest absolute Gasteiger partial charge is 0.373 e. The summed E-state index contributed by atoms with van der Waals surface area (Å²) in [7, 11) is 1.87. The highest BCUT2D eigenvalue weighted by Crippen LogP contribution is 2.21. The lowest BCUT2D eigenvalue weighted by Crippen LogP contribution is -2.06. The summed E-state index contributed by atoms with van der Waals surface area (Å²) in [6, 6.07) is 2.19. The smallest absolute Gasteiger partial charge is 0.134 e. The highest BCUT2D eigenvalue weighted by molar-refractivity contribution is 7.10. The average Bonchev–Trinajstić information content (AvgIpc) is 2.85. The molecule has 0 aliphatic heterocycles. The third-order valence-electron chi connectivity index (χ3n) is 2.96. The zero-order chi connectivity index (χ0) is 13.0. The van der Waals surface area contributed by atoms with E-state index in [4.69, 9.17) is 0 Å². The summed E-state index contributed by atoms with van der Waals surface area (Å²) in [5.74, 6) is 1.76. The Hall–Kier alpha value is -1.62. The van der Waals surface area contributed by atoms with Crippen LogP contribution in [0.3, 0.4) is 0 Å². The molecule has 0 aliphatic rings. The van der Waals surface area contributed by atoms with E-state index in [2.05, 4.69) is 39.0 Å². The zero-order valence-electron chi connectivity index (χ0n) is 10.9. The van der Waals surface area contributed by atoms with Crippen LogP contribution in [0, 0.1) is 6.92 Å². The molecular formula is C13H18N4S. The van der Waals surface area contributed by atoms with Crippen LogP contribution in [0.4, 0.5) is 11.6 Å². The van der Waals surface area contributed by atoms with Crippen molar-refractivity contribution in [3.63, 3.8) is 0 Å². The van der Waals surface area contributed by atoms with Crippen molar-refractivity contribution in [2.24, 2.45) is 0 Å². The maximum Gasteiger partial charge on any atom is 0.134 e. The molecule has 5 heteroatoms. The standard InChI is InChI=1S/C13H18N4S/c1-4-10-5-6-18-11(10)7-15-13-9(2)12(14-3)16-8-17-13/h5-6,8H,4,7H2,1-3H3,(H2,14,15,16,17). The van der Waals surface area contributed by atoms with Gasteiger partial charge in [0.05, 0.1) is 6.54 Å². The molecule has 0 amide bonds. The summed E-state index contributed by atoms with van der Waals surface area (Å²) in [6.07, 6.45) is 2.65. The Balaban J connectivity index is 2.11. The van der Waals surface area contributed by atoms with Crippen molar-refractivity contribution in [2.45, 2.75) is 26.8 Å². The Morgan fingerprint density at radius 1 is 1.28 bits per heavy atom. The summed E-state index contributed by atoms with van der Waals surface area (Å²) < 4.78 is 0. The lowest BCUT2D eigenvalue weighted by molar-refractivity contribution is 1.04. The molecule has 0 unspecified atom stereocenters. The van der Waals surface area contributed by atoms with Crippen molar-refractivity contribution in [2.75, 3.05) is 17.7 Å². The third-order valence-corrected chi connectivity index (χ3v) is 3.92. The van der Waals surface area contributed by atoms with E-state index in [0.29, 0.717) is 0 Å². The van der Waals surface area contributed by atoms with E-state index >= 15 is 0 Å². The quantitative estimate of drug-likeness (QED) is 0.869. The molecule has 0 radical (unpaired) electrons. The minimum Gasteiger partial charge on any atom is -0.373 e.